The minimum Gasteiger partial charge on any atom is -0.290 e. The van der Waals surface area contributed by atoms with Crippen LogP contribution in [0.1, 0.15) is 20.3 Å². The Labute approximate surface area is 74.9 Å². The first-order valence-corrected chi connectivity index (χ1v) is 4.31. The van der Waals surface area contributed by atoms with Crippen LogP contribution in [0.2, 0.25) is 0 Å². The molecule has 0 bridgehead atoms. The predicted molar refractivity (Wildman–Crippen MR) is 50.7 cm³/mol. The molecule has 0 aliphatic rings. The lowest BCUT2D eigenvalue weighted by Crippen LogP contribution is -2.34. The van der Waals surface area contributed by atoms with E-state index in [1.54, 1.807) is 0 Å². The molecule has 0 rings (SSSR count). The third-order valence-electron chi connectivity index (χ3n) is 1.89. The predicted octanol–water partition coefficient (Wildman–Crippen LogP) is 1.94. The number of nitrogens with zero attached hydrogens (tertiary/aromatic N) is 1. The van der Waals surface area contributed by atoms with Crippen LogP contribution in [-0.4, -0.2) is 31.2 Å². The summed E-state index contributed by atoms with van der Waals surface area (Å²) in [6.07, 6.45) is 6.01. The van der Waals surface area contributed by atoms with Crippen LogP contribution in [-0.2, 0) is 0 Å². The average Bonchev–Trinajstić information content (AvgIpc) is 2.00. The average molecular weight is 171 g/mol. The van der Waals surface area contributed by atoms with Crippen molar-refractivity contribution in [2.24, 2.45) is 5.92 Å². The zero-order chi connectivity index (χ0) is 9.56. The van der Waals surface area contributed by atoms with Crippen LogP contribution >= 0.6 is 0 Å². The highest BCUT2D eigenvalue weighted by molar-refractivity contribution is 4.89. The van der Waals surface area contributed by atoms with Crippen LogP contribution in [0, 0.1) is 18.3 Å². The van der Waals surface area contributed by atoms with Crippen LogP contribution in [0.5, 0.6) is 0 Å². The minimum absolute atomic E-state index is 0.0129. The maximum absolute atomic E-state index is 12.5. The largest absolute Gasteiger partial charge is 0.290 e. The number of rotatable bonds is 5. The normalized spacial score (nSPS) is 13.4. The minimum atomic E-state index is -0.309. The van der Waals surface area contributed by atoms with Gasteiger partial charge in [0.15, 0.2) is 0 Å². The summed E-state index contributed by atoms with van der Waals surface area (Å²) in [6.45, 7) is 4.40. The molecule has 0 aromatic heterocycles. The smallest absolute Gasteiger partial charge is 0.105 e. The molecule has 0 saturated carbocycles. The van der Waals surface area contributed by atoms with Gasteiger partial charge in [0, 0.05) is 6.04 Å². The molecule has 0 aliphatic carbocycles. The van der Waals surface area contributed by atoms with E-state index in [2.05, 4.69) is 19.8 Å². The summed E-state index contributed by atoms with van der Waals surface area (Å²) in [5, 5.41) is 0. The summed E-state index contributed by atoms with van der Waals surface area (Å²) in [4.78, 5) is 1.89. The van der Waals surface area contributed by atoms with Gasteiger partial charge in [-0.05, 0) is 19.4 Å². The summed E-state index contributed by atoms with van der Waals surface area (Å²) >= 11 is 0. The standard InChI is InChI=1S/C10H18FN/c1-5-6-12(4)10(8-11)7-9(2)3/h1,9-10H,6-8H2,2-4H3/t10-/m0/s1. The van der Waals surface area contributed by atoms with Crippen LogP contribution < -0.4 is 0 Å². The molecule has 0 amide bonds. The Bertz CT molecular complexity index is 148. The zero-order valence-electron chi connectivity index (χ0n) is 8.18. The number of alkyl halides is 1. The van der Waals surface area contributed by atoms with E-state index in [1.807, 2.05) is 11.9 Å². The SMILES string of the molecule is C#CCN(C)[C@H](CF)CC(C)C. The Hall–Kier alpha value is -0.550. The summed E-state index contributed by atoms with van der Waals surface area (Å²) in [7, 11) is 1.87. The first-order chi connectivity index (χ1) is 5.61. The van der Waals surface area contributed by atoms with E-state index < -0.39 is 0 Å². The lowest BCUT2D eigenvalue weighted by Gasteiger charge is -2.24. The molecule has 0 fully saturated rings. The molecule has 1 nitrogen and oxygen atoms in total. The molecule has 0 radical (unpaired) electrons. The van der Waals surface area contributed by atoms with Crippen molar-refractivity contribution in [1.29, 1.82) is 0 Å². The van der Waals surface area contributed by atoms with E-state index in [1.165, 1.54) is 0 Å². The quantitative estimate of drug-likeness (QED) is 0.571. The highest BCUT2D eigenvalue weighted by atomic mass is 19.1. The first-order valence-electron chi connectivity index (χ1n) is 4.31. The van der Waals surface area contributed by atoms with E-state index in [4.69, 9.17) is 6.42 Å². The number of terminal acetylenes is 1. The van der Waals surface area contributed by atoms with Crippen LogP contribution in [0.15, 0.2) is 0 Å². The number of halogens is 1. The van der Waals surface area contributed by atoms with Crippen molar-refractivity contribution in [1.82, 2.24) is 4.90 Å². The van der Waals surface area contributed by atoms with Crippen molar-refractivity contribution >= 4 is 0 Å². The van der Waals surface area contributed by atoms with Gasteiger partial charge in [0.2, 0.25) is 0 Å². The highest BCUT2D eigenvalue weighted by Gasteiger charge is 2.14. The van der Waals surface area contributed by atoms with E-state index in [0.717, 1.165) is 6.42 Å². The van der Waals surface area contributed by atoms with Crippen molar-refractivity contribution in [2.75, 3.05) is 20.3 Å². The van der Waals surface area contributed by atoms with Crippen molar-refractivity contribution in [2.45, 2.75) is 26.3 Å². The van der Waals surface area contributed by atoms with Gasteiger partial charge in [-0.15, -0.1) is 6.42 Å². The monoisotopic (exact) mass is 171 g/mol. The zero-order valence-corrected chi connectivity index (χ0v) is 8.18. The third kappa shape index (κ3) is 4.35. The fourth-order valence-corrected chi connectivity index (χ4v) is 1.18. The molecule has 0 spiro atoms. The summed E-state index contributed by atoms with van der Waals surface area (Å²) < 4.78 is 12.5. The van der Waals surface area contributed by atoms with E-state index in [-0.39, 0.29) is 12.7 Å². The molecular formula is C10H18FN. The Kier molecular flexibility index (Phi) is 5.74. The van der Waals surface area contributed by atoms with Gasteiger partial charge in [-0.1, -0.05) is 19.8 Å². The lowest BCUT2D eigenvalue weighted by molar-refractivity contribution is 0.194. The molecule has 12 heavy (non-hydrogen) atoms. The van der Waals surface area contributed by atoms with Crippen molar-refractivity contribution < 1.29 is 4.39 Å². The third-order valence-corrected chi connectivity index (χ3v) is 1.89. The summed E-state index contributed by atoms with van der Waals surface area (Å²) in [5.74, 6) is 3.03. The van der Waals surface area contributed by atoms with Crippen molar-refractivity contribution in [3.05, 3.63) is 0 Å². The Morgan fingerprint density at radius 1 is 1.50 bits per heavy atom. The van der Waals surface area contributed by atoms with Gasteiger partial charge in [0.25, 0.3) is 0 Å². The lowest BCUT2D eigenvalue weighted by atomic mass is 10.0. The highest BCUT2D eigenvalue weighted by Crippen LogP contribution is 2.10. The molecule has 0 aromatic rings. The Morgan fingerprint density at radius 3 is 2.42 bits per heavy atom. The maximum Gasteiger partial charge on any atom is 0.105 e. The van der Waals surface area contributed by atoms with Gasteiger partial charge < -0.3 is 0 Å². The Morgan fingerprint density at radius 2 is 2.08 bits per heavy atom. The fraction of sp³-hybridized carbons (Fsp3) is 0.800. The van der Waals surface area contributed by atoms with Gasteiger partial charge in [-0.3, -0.25) is 4.90 Å². The van der Waals surface area contributed by atoms with Gasteiger partial charge in [-0.25, -0.2) is 4.39 Å². The van der Waals surface area contributed by atoms with Gasteiger partial charge in [-0.2, -0.15) is 0 Å². The molecule has 2 heteroatoms. The van der Waals surface area contributed by atoms with E-state index >= 15 is 0 Å². The molecule has 0 aromatic carbocycles. The topological polar surface area (TPSA) is 3.24 Å². The van der Waals surface area contributed by atoms with Gasteiger partial charge in [0.05, 0.1) is 6.54 Å². The van der Waals surface area contributed by atoms with Crippen molar-refractivity contribution in [3.8, 4) is 12.3 Å². The molecular weight excluding hydrogens is 153 g/mol. The molecule has 0 unspecified atom stereocenters. The fourth-order valence-electron chi connectivity index (χ4n) is 1.18. The Balaban J connectivity index is 3.88. The van der Waals surface area contributed by atoms with Crippen molar-refractivity contribution in [3.63, 3.8) is 0 Å². The summed E-state index contributed by atoms with van der Waals surface area (Å²) in [6, 6.07) is -0.0129. The molecule has 1 atom stereocenters. The molecule has 0 N–H and O–H groups in total. The molecule has 0 aliphatic heterocycles. The number of hydrogen-bond acceptors (Lipinski definition) is 1. The van der Waals surface area contributed by atoms with E-state index in [0.29, 0.717) is 12.5 Å². The molecule has 0 saturated heterocycles. The first kappa shape index (κ1) is 11.4. The second-order valence-electron chi connectivity index (χ2n) is 3.56. The van der Waals surface area contributed by atoms with Crippen LogP contribution in [0.25, 0.3) is 0 Å². The summed E-state index contributed by atoms with van der Waals surface area (Å²) in [5.41, 5.74) is 0. The number of hydrogen-bond donors (Lipinski definition) is 0. The van der Waals surface area contributed by atoms with Gasteiger partial charge >= 0.3 is 0 Å². The second kappa shape index (κ2) is 6.02. The van der Waals surface area contributed by atoms with Crippen LogP contribution in [0.3, 0.4) is 0 Å². The van der Waals surface area contributed by atoms with E-state index in [9.17, 15) is 4.39 Å². The second-order valence-corrected chi connectivity index (χ2v) is 3.56. The van der Waals surface area contributed by atoms with Crippen LogP contribution in [0.4, 0.5) is 4.39 Å². The molecule has 0 heterocycles. The maximum atomic E-state index is 12.5. The molecule has 70 valence electrons. The van der Waals surface area contributed by atoms with Gasteiger partial charge in [0.1, 0.15) is 6.67 Å².